The minimum Gasteiger partial charge on any atom is -0.256 e. The average Bonchev–Trinajstić information content (AvgIpc) is 2.45. The molecule has 0 radical (unpaired) electrons. The first kappa shape index (κ1) is 9.96. The van der Waals surface area contributed by atoms with Crippen molar-refractivity contribution in [1.29, 1.82) is 0 Å². The van der Waals surface area contributed by atoms with E-state index in [0.29, 0.717) is 5.41 Å². The van der Waals surface area contributed by atoms with Crippen molar-refractivity contribution in [3.05, 3.63) is 53.7 Å². The average molecular weight is 245 g/mol. The number of fused-ring (bicyclic) bond motifs is 8. The molecule has 1 heterocycles. The van der Waals surface area contributed by atoms with Gasteiger partial charge in [0.05, 0.1) is 5.52 Å². The van der Waals surface area contributed by atoms with Crippen LogP contribution in [-0.2, 0) is 5.41 Å². The molecular weight excluding hydrogens is 230 g/mol. The Morgan fingerprint density at radius 3 is 2.84 bits per heavy atom. The van der Waals surface area contributed by atoms with E-state index in [9.17, 15) is 0 Å². The fourth-order valence-electron chi connectivity index (χ4n) is 4.28. The summed E-state index contributed by atoms with van der Waals surface area (Å²) in [5, 5.41) is 4.00. The molecule has 5 rings (SSSR count). The molecule has 1 fully saturated rings. The number of rotatable bonds is 0. The zero-order valence-electron chi connectivity index (χ0n) is 11.0. The van der Waals surface area contributed by atoms with Crippen LogP contribution in [0, 0.1) is 0 Å². The second kappa shape index (κ2) is 2.98. The van der Waals surface area contributed by atoms with E-state index >= 15 is 0 Å². The number of pyridine rings is 1. The van der Waals surface area contributed by atoms with Gasteiger partial charge in [0.15, 0.2) is 0 Å². The molecule has 0 N–H and O–H groups in total. The van der Waals surface area contributed by atoms with Crippen molar-refractivity contribution >= 4 is 21.7 Å². The Hall–Kier alpha value is -1.89. The molecule has 0 aliphatic heterocycles. The third-order valence-corrected chi connectivity index (χ3v) is 5.50. The minimum absolute atomic E-state index is 0.489. The molecule has 2 aromatic carbocycles. The Morgan fingerprint density at radius 1 is 1.11 bits per heavy atom. The van der Waals surface area contributed by atoms with Crippen LogP contribution in [0.3, 0.4) is 0 Å². The highest BCUT2D eigenvalue weighted by molar-refractivity contribution is 6.07. The topological polar surface area (TPSA) is 12.9 Å². The maximum Gasteiger partial charge on any atom is 0.0780 e. The molecule has 1 aromatic heterocycles. The van der Waals surface area contributed by atoms with Gasteiger partial charge in [-0.2, -0.15) is 0 Å². The molecule has 2 atom stereocenters. The van der Waals surface area contributed by atoms with Gasteiger partial charge in [-0.05, 0) is 46.8 Å². The molecule has 3 aromatic rings. The molecule has 0 bridgehead atoms. The van der Waals surface area contributed by atoms with Gasteiger partial charge in [0.25, 0.3) is 0 Å². The van der Waals surface area contributed by atoms with E-state index in [2.05, 4.69) is 42.2 Å². The monoisotopic (exact) mass is 245 g/mol. The second-order valence-electron chi connectivity index (χ2n) is 6.27. The molecule has 1 nitrogen and oxygen atoms in total. The molecule has 1 saturated carbocycles. The molecule has 0 saturated heterocycles. The maximum atomic E-state index is 4.58. The molecule has 0 amide bonds. The Labute approximate surface area is 112 Å². The van der Waals surface area contributed by atoms with Crippen LogP contribution in [0.1, 0.15) is 36.8 Å². The molecule has 2 aliphatic rings. The van der Waals surface area contributed by atoms with Crippen molar-refractivity contribution in [1.82, 2.24) is 4.98 Å². The second-order valence-corrected chi connectivity index (χ2v) is 6.27. The van der Waals surface area contributed by atoms with Crippen LogP contribution >= 0.6 is 0 Å². The SMILES string of the molecule is CC12CC[C@H]1c1c2ccc2c1ccc1cccnc12. The van der Waals surface area contributed by atoms with Gasteiger partial charge in [-0.1, -0.05) is 37.3 Å². The van der Waals surface area contributed by atoms with Crippen LogP contribution in [0.25, 0.3) is 21.7 Å². The largest absolute Gasteiger partial charge is 0.256 e. The van der Waals surface area contributed by atoms with Gasteiger partial charge in [-0.15, -0.1) is 0 Å². The smallest absolute Gasteiger partial charge is 0.0780 e. The van der Waals surface area contributed by atoms with Crippen LogP contribution in [-0.4, -0.2) is 4.98 Å². The third-order valence-electron chi connectivity index (χ3n) is 5.50. The van der Waals surface area contributed by atoms with E-state index in [0.717, 1.165) is 11.4 Å². The number of hydrogen-bond donors (Lipinski definition) is 0. The summed E-state index contributed by atoms with van der Waals surface area (Å²) >= 11 is 0. The summed E-state index contributed by atoms with van der Waals surface area (Å²) in [4.78, 5) is 4.58. The minimum atomic E-state index is 0.489. The number of benzene rings is 2. The first-order valence-corrected chi connectivity index (χ1v) is 7.10. The Kier molecular flexibility index (Phi) is 1.56. The zero-order chi connectivity index (χ0) is 12.6. The van der Waals surface area contributed by atoms with E-state index in [1.165, 1.54) is 29.0 Å². The van der Waals surface area contributed by atoms with Crippen molar-refractivity contribution in [3.63, 3.8) is 0 Å². The van der Waals surface area contributed by atoms with E-state index in [1.807, 2.05) is 12.3 Å². The van der Waals surface area contributed by atoms with Gasteiger partial charge in [0.1, 0.15) is 0 Å². The normalized spacial score (nSPS) is 27.5. The van der Waals surface area contributed by atoms with E-state index in [1.54, 1.807) is 11.1 Å². The molecule has 1 heteroatoms. The van der Waals surface area contributed by atoms with Crippen LogP contribution in [0.2, 0.25) is 0 Å². The first-order chi connectivity index (χ1) is 9.29. The maximum absolute atomic E-state index is 4.58. The first-order valence-electron chi connectivity index (χ1n) is 7.10. The van der Waals surface area contributed by atoms with Crippen LogP contribution in [0.15, 0.2) is 42.6 Å². The fraction of sp³-hybridized carbons (Fsp3) is 0.278. The molecule has 1 unspecified atom stereocenters. The van der Waals surface area contributed by atoms with Crippen molar-refractivity contribution in [2.24, 2.45) is 0 Å². The fourth-order valence-corrected chi connectivity index (χ4v) is 4.28. The van der Waals surface area contributed by atoms with Gasteiger partial charge < -0.3 is 0 Å². The van der Waals surface area contributed by atoms with Crippen molar-refractivity contribution < 1.29 is 0 Å². The number of aromatic nitrogens is 1. The molecule has 2 aliphatic carbocycles. The Balaban J connectivity index is 1.94. The molecular formula is C18H15N. The lowest BCUT2D eigenvalue weighted by Crippen LogP contribution is -2.49. The van der Waals surface area contributed by atoms with Gasteiger partial charge in [0, 0.05) is 17.0 Å². The lowest BCUT2D eigenvalue weighted by atomic mass is 9.45. The number of hydrogen-bond acceptors (Lipinski definition) is 1. The van der Waals surface area contributed by atoms with Gasteiger partial charge in [-0.25, -0.2) is 0 Å². The van der Waals surface area contributed by atoms with E-state index in [4.69, 9.17) is 0 Å². The molecule has 92 valence electrons. The lowest BCUT2D eigenvalue weighted by molar-refractivity contribution is 0.169. The van der Waals surface area contributed by atoms with Gasteiger partial charge in [0.2, 0.25) is 0 Å². The Morgan fingerprint density at radius 2 is 2.00 bits per heavy atom. The van der Waals surface area contributed by atoms with Crippen molar-refractivity contribution in [2.45, 2.75) is 31.1 Å². The standard InChI is InChI=1S/C18H15N/c1-18-9-8-15(18)16-12-5-4-11-3-2-10-19-17(11)13(12)6-7-14(16)18/h2-7,10,15H,8-9H2,1H3/t15-,18?/m0/s1. The summed E-state index contributed by atoms with van der Waals surface area (Å²) in [6.07, 6.45) is 4.62. The Bertz CT molecular complexity index is 849. The van der Waals surface area contributed by atoms with Gasteiger partial charge in [-0.3, -0.25) is 4.98 Å². The van der Waals surface area contributed by atoms with E-state index in [-0.39, 0.29) is 0 Å². The number of nitrogens with zero attached hydrogens (tertiary/aromatic N) is 1. The van der Waals surface area contributed by atoms with Crippen LogP contribution in [0.5, 0.6) is 0 Å². The lowest BCUT2D eigenvalue weighted by Gasteiger charge is -2.58. The summed E-state index contributed by atoms with van der Waals surface area (Å²) in [7, 11) is 0. The summed E-state index contributed by atoms with van der Waals surface area (Å²) < 4.78 is 0. The quantitative estimate of drug-likeness (QED) is 0.530. The van der Waals surface area contributed by atoms with E-state index < -0.39 is 0 Å². The highest BCUT2D eigenvalue weighted by atomic mass is 14.7. The molecule has 19 heavy (non-hydrogen) atoms. The van der Waals surface area contributed by atoms with Crippen LogP contribution < -0.4 is 0 Å². The summed E-state index contributed by atoms with van der Waals surface area (Å²) in [6.45, 7) is 2.43. The van der Waals surface area contributed by atoms with Crippen LogP contribution in [0.4, 0.5) is 0 Å². The predicted octanol–water partition coefficient (Wildman–Crippen LogP) is 4.54. The summed E-state index contributed by atoms with van der Waals surface area (Å²) in [5.41, 5.74) is 4.84. The zero-order valence-corrected chi connectivity index (χ0v) is 11.0. The van der Waals surface area contributed by atoms with Crippen molar-refractivity contribution in [3.8, 4) is 0 Å². The highest BCUT2D eigenvalue weighted by Gasteiger charge is 2.55. The summed E-state index contributed by atoms with van der Waals surface area (Å²) in [6, 6.07) is 13.3. The summed E-state index contributed by atoms with van der Waals surface area (Å²) in [5.74, 6) is 0.798. The molecule has 0 spiro atoms. The van der Waals surface area contributed by atoms with Gasteiger partial charge >= 0.3 is 0 Å². The predicted molar refractivity (Wildman–Crippen MR) is 78.6 cm³/mol. The third kappa shape index (κ3) is 0.983. The van der Waals surface area contributed by atoms with Crippen molar-refractivity contribution in [2.75, 3.05) is 0 Å². The highest BCUT2D eigenvalue weighted by Crippen LogP contribution is 2.65.